The van der Waals surface area contributed by atoms with Crippen LogP contribution in [-0.2, 0) is 0 Å². The van der Waals surface area contributed by atoms with Gasteiger partial charge in [0.1, 0.15) is 11.3 Å². The number of halogens is 2. The van der Waals surface area contributed by atoms with Crippen LogP contribution in [0.15, 0.2) is 23.0 Å². The second-order valence-electron chi connectivity index (χ2n) is 6.65. The van der Waals surface area contributed by atoms with Crippen molar-refractivity contribution in [2.45, 2.75) is 38.1 Å². The number of primary amides is 1. The molecule has 1 fully saturated rings. The van der Waals surface area contributed by atoms with Gasteiger partial charge in [-0.3, -0.25) is 9.36 Å². The van der Waals surface area contributed by atoms with E-state index in [1.54, 1.807) is 0 Å². The lowest BCUT2D eigenvalue weighted by Crippen LogP contribution is -2.24. The maximum atomic E-state index is 14.4. The summed E-state index contributed by atoms with van der Waals surface area (Å²) in [6.07, 6.45) is 4.79. The molecular weight excluding hydrogens is 373 g/mol. The van der Waals surface area contributed by atoms with Crippen LogP contribution in [0.5, 0.6) is 0 Å². The topological polar surface area (TPSA) is 107 Å². The van der Waals surface area contributed by atoms with E-state index in [0.717, 1.165) is 32.1 Å². The number of benzene rings is 1. The van der Waals surface area contributed by atoms with Crippen molar-refractivity contribution < 1.29 is 9.18 Å². The summed E-state index contributed by atoms with van der Waals surface area (Å²) >= 11 is 6.13. The predicted molar refractivity (Wildman–Crippen MR) is 99.2 cm³/mol. The van der Waals surface area contributed by atoms with Gasteiger partial charge in [0.2, 0.25) is 0 Å². The van der Waals surface area contributed by atoms with Gasteiger partial charge in [-0.2, -0.15) is 0 Å². The Kier molecular flexibility index (Phi) is 4.43. The molecule has 3 N–H and O–H groups in total. The average Bonchev–Trinajstić information content (AvgIpc) is 2.97. The summed E-state index contributed by atoms with van der Waals surface area (Å²) in [6, 6.07) is 4.15. The monoisotopic (exact) mass is 389 g/mol. The number of imidazole rings is 1. The minimum atomic E-state index is -0.840. The van der Waals surface area contributed by atoms with Crippen molar-refractivity contribution in [2.24, 2.45) is 5.73 Å². The zero-order valence-corrected chi connectivity index (χ0v) is 15.1. The van der Waals surface area contributed by atoms with Gasteiger partial charge in [0.25, 0.3) is 5.91 Å². The zero-order valence-electron chi connectivity index (χ0n) is 14.3. The number of hydrogen-bond donors (Lipinski definition) is 2. The second kappa shape index (κ2) is 6.77. The molecular formula is C18H17ClFN5O2. The Hall–Kier alpha value is -2.74. The molecule has 27 heavy (non-hydrogen) atoms. The van der Waals surface area contributed by atoms with E-state index in [1.807, 2.05) is 0 Å². The Labute approximate surface area is 158 Å². The molecule has 1 aromatic carbocycles. The summed E-state index contributed by atoms with van der Waals surface area (Å²) < 4.78 is 15.9. The number of hydrogen-bond acceptors (Lipinski definition) is 4. The Morgan fingerprint density at radius 2 is 2.00 bits per heavy atom. The Morgan fingerprint density at radius 1 is 1.26 bits per heavy atom. The van der Waals surface area contributed by atoms with Crippen molar-refractivity contribution in [1.82, 2.24) is 19.5 Å². The average molecular weight is 390 g/mol. The van der Waals surface area contributed by atoms with Crippen LogP contribution in [0, 0.1) is 5.82 Å². The number of aromatic amines is 1. The molecule has 0 aliphatic heterocycles. The Morgan fingerprint density at radius 3 is 2.67 bits per heavy atom. The summed E-state index contributed by atoms with van der Waals surface area (Å²) in [4.78, 5) is 35.7. The highest BCUT2D eigenvalue weighted by molar-refractivity contribution is 6.33. The van der Waals surface area contributed by atoms with E-state index >= 15 is 0 Å². The third kappa shape index (κ3) is 2.99. The van der Waals surface area contributed by atoms with Gasteiger partial charge in [-0.05, 0) is 25.0 Å². The first-order valence-corrected chi connectivity index (χ1v) is 9.11. The first-order chi connectivity index (χ1) is 13.0. The van der Waals surface area contributed by atoms with Crippen molar-refractivity contribution in [3.8, 4) is 11.4 Å². The summed E-state index contributed by atoms with van der Waals surface area (Å²) in [6.45, 7) is 0. The molecule has 3 aromatic rings. The van der Waals surface area contributed by atoms with Crippen molar-refractivity contribution in [3.63, 3.8) is 0 Å². The van der Waals surface area contributed by atoms with Gasteiger partial charge in [-0.15, -0.1) is 0 Å². The SMILES string of the molecule is NC(=O)c1nc(-c2c(F)cccc2Cl)nc2c1[nH]c(=O)n2C1CCCCC1. The molecule has 0 radical (unpaired) electrons. The van der Waals surface area contributed by atoms with Gasteiger partial charge in [-0.25, -0.2) is 19.2 Å². The minimum absolute atomic E-state index is 0.0348. The lowest BCUT2D eigenvalue weighted by atomic mass is 9.95. The van der Waals surface area contributed by atoms with E-state index in [-0.39, 0.29) is 45.0 Å². The number of rotatable bonds is 3. The van der Waals surface area contributed by atoms with Crippen LogP contribution < -0.4 is 11.4 Å². The molecule has 1 aliphatic carbocycles. The molecule has 0 spiro atoms. The summed E-state index contributed by atoms with van der Waals surface area (Å²) in [7, 11) is 0. The zero-order chi connectivity index (χ0) is 19.1. The smallest absolute Gasteiger partial charge is 0.327 e. The number of H-pyrrole nitrogens is 1. The number of fused-ring (bicyclic) bond motifs is 1. The third-order valence-electron chi connectivity index (χ3n) is 4.93. The molecule has 0 saturated heterocycles. The van der Waals surface area contributed by atoms with E-state index in [0.29, 0.717) is 0 Å². The highest BCUT2D eigenvalue weighted by Gasteiger charge is 2.25. The highest BCUT2D eigenvalue weighted by Crippen LogP contribution is 2.32. The van der Waals surface area contributed by atoms with Crippen LogP contribution in [0.4, 0.5) is 4.39 Å². The van der Waals surface area contributed by atoms with Gasteiger partial charge < -0.3 is 10.7 Å². The maximum Gasteiger partial charge on any atom is 0.327 e. The van der Waals surface area contributed by atoms with Gasteiger partial charge in [0, 0.05) is 6.04 Å². The fraction of sp³-hybridized carbons (Fsp3) is 0.333. The summed E-state index contributed by atoms with van der Waals surface area (Å²) in [5.41, 5.74) is 5.27. The minimum Gasteiger partial charge on any atom is -0.364 e. The molecule has 1 aliphatic rings. The molecule has 7 nitrogen and oxygen atoms in total. The van der Waals surface area contributed by atoms with E-state index in [9.17, 15) is 14.0 Å². The standard InChI is InChI=1S/C18H17ClFN5O2/c19-10-7-4-8-11(20)12(10)16-22-13(15(21)26)14-17(24-16)25(18(27)23-14)9-5-2-1-3-6-9/h4,7-9H,1-3,5-6H2,(H2,21,26)(H,23,27). The number of nitrogens with zero attached hydrogens (tertiary/aromatic N) is 3. The van der Waals surface area contributed by atoms with Crippen LogP contribution in [0.1, 0.15) is 48.6 Å². The third-order valence-corrected chi connectivity index (χ3v) is 5.24. The number of carbonyl (C=O) groups is 1. The molecule has 0 bridgehead atoms. The fourth-order valence-corrected chi connectivity index (χ4v) is 3.93. The number of nitrogens with one attached hydrogen (secondary N) is 1. The quantitative estimate of drug-likeness (QED) is 0.717. The Bertz CT molecular complexity index is 1080. The lowest BCUT2D eigenvalue weighted by molar-refractivity contribution is 0.0997. The van der Waals surface area contributed by atoms with E-state index < -0.39 is 11.7 Å². The van der Waals surface area contributed by atoms with Crippen LogP contribution in [-0.4, -0.2) is 25.4 Å². The molecule has 140 valence electrons. The lowest BCUT2D eigenvalue weighted by Gasteiger charge is -2.22. The summed E-state index contributed by atoms with van der Waals surface area (Å²) in [5.74, 6) is -1.55. The van der Waals surface area contributed by atoms with Gasteiger partial charge >= 0.3 is 5.69 Å². The predicted octanol–water partition coefficient (Wildman–Crippen LogP) is 3.18. The maximum absolute atomic E-state index is 14.4. The van der Waals surface area contributed by atoms with Crippen molar-refractivity contribution in [1.29, 1.82) is 0 Å². The molecule has 1 saturated carbocycles. The first-order valence-electron chi connectivity index (χ1n) is 8.74. The van der Waals surface area contributed by atoms with Crippen molar-refractivity contribution in [2.75, 3.05) is 0 Å². The largest absolute Gasteiger partial charge is 0.364 e. The van der Waals surface area contributed by atoms with E-state index in [2.05, 4.69) is 15.0 Å². The van der Waals surface area contributed by atoms with Crippen LogP contribution in [0.25, 0.3) is 22.6 Å². The van der Waals surface area contributed by atoms with Crippen LogP contribution >= 0.6 is 11.6 Å². The summed E-state index contributed by atoms with van der Waals surface area (Å²) in [5, 5.41) is 0.104. The fourth-order valence-electron chi connectivity index (χ4n) is 3.68. The number of carbonyl (C=O) groups excluding carboxylic acids is 1. The first kappa shape index (κ1) is 17.7. The highest BCUT2D eigenvalue weighted by atomic mass is 35.5. The number of nitrogens with two attached hydrogens (primary N) is 1. The van der Waals surface area contributed by atoms with Gasteiger partial charge in [0.15, 0.2) is 17.2 Å². The van der Waals surface area contributed by atoms with Crippen molar-refractivity contribution >= 4 is 28.7 Å². The van der Waals surface area contributed by atoms with Crippen LogP contribution in [0.2, 0.25) is 5.02 Å². The molecule has 4 rings (SSSR count). The molecule has 2 aromatic heterocycles. The molecule has 0 unspecified atom stereocenters. The van der Waals surface area contributed by atoms with Gasteiger partial charge in [-0.1, -0.05) is 36.9 Å². The van der Waals surface area contributed by atoms with Gasteiger partial charge in [0.05, 0.1) is 10.6 Å². The Balaban J connectivity index is 2.02. The molecule has 1 amide bonds. The van der Waals surface area contributed by atoms with E-state index in [1.165, 1.54) is 22.8 Å². The molecule has 9 heteroatoms. The van der Waals surface area contributed by atoms with Crippen LogP contribution in [0.3, 0.4) is 0 Å². The number of aromatic nitrogens is 4. The van der Waals surface area contributed by atoms with Crippen molar-refractivity contribution in [3.05, 3.63) is 45.2 Å². The normalized spacial score (nSPS) is 15.3. The molecule has 0 atom stereocenters. The molecule has 2 heterocycles. The second-order valence-corrected chi connectivity index (χ2v) is 7.05. The van der Waals surface area contributed by atoms with E-state index in [4.69, 9.17) is 17.3 Å². The number of amides is 1.